The van der Waals surface area contributed by atoms with E-state index in [0.717, 1.165) is 29.3 Å². The van der Waals surface area contributed by atoms with Gasteiger partial charge in [0.15, 0.2) is 5.17 Å². The molecule has 1 fully saturated rings. The van der Waals surface area contributed by atoms with E-state index in [-0.39, 0.29) is 18.2 Å². The van der Waals surface area contributed by atoms with Gasteiger partial charge >= 0.3 is 0 Å². The lowest BCUT2D eigenvalue weighted by atomic mass is 10.1. The standard InChI is InChI=1S/C19H21N3O2S/c1-2-3-10-20-19-22-18(24)16(25-19)12-17(23)21-15-9-8-13-6-4-5-7-14(13)11-15/h4-9,11,16H,2-3,10,12H2,1H3,(H,21,23)(H,20,22,24). The summed E-state index contributed by atoms with van der Waals surface area (Å²) in [6, 6.07) is 13.8. The lowest BCUT2D eigenvalue weighted by molar-refractivity contribution is -0.122. The van der Waals surface area contributed by atoms with E-state index >= 15 is 0 Å². The Balaban J connectivity index is 1.58. The Morgan fingerprint density at radius 3 is 2.84 bits per heavy atom. The number of carbonyl (C=O) groups excluding carboxylic acids is 2. The Morgan fingerprint density at radius 1 is 1.24 bits per heavy atom. The summed E-state index contributed by atoms with van der Waals surface area (Å²) in [6.07, 6.45) is 2.19. The fourth-order valence-corrected chi connectivity index (χ4v) is 3.60. The van der Waals surface area contributed by atoms with Crippen molar-refractivity contribution in [3.63, 3.8) is 0 Å². The third-order valence-electron chi connectivity index (χ3n) is 3.95. The Bertz CT molecular complexity index is 819. The molecule has 5 nitrogen and oxygen atoms in total. The number of hydrogen-bond acceptors (Lipinski definition) is 4. The molecule has 0 aliphatic carbocycles. The fourth-order valence-electron chi connectivity index (χ4n) is 2.60. The molecule has 0 bridgehead atoms. The van der Waals surface area contributed by atoms with Crippen LogP contribution in [0, 0.1) is 0 Å². The Kier molecular flexibility index (Phi) is 5.71. The molecule has 25 heavy (non-hydrogen) atoms. The molecule has 1 atom stereocenters. The first-order valence-corrected chi connectivity index (χ1v) is 9.34. The first-order chi connectivity index (χ1) is 12.2. The van der Waals surface area contributed by atoms with Gasteiger partial charge in [0.25, 0.3) is 0 Å². The second-order valence-electron chi connectivity index (χ2n) is 5.95. The monoisotopic (exact) mass is 355 g/mol. The molecule has 6 heteroatoms. The van der Waals surface area contributed by atoms with Crippen molar-refractivity contribution < 1.29 is 9.59 Å². The van der Waals surface area contributed by atoms with E-state index in [4.69, 9.17) is 0 Å². The molecule has 2 aromatic carbocycles. The van der Waals surface area contributed by atoms with E-state index in [2.05, 4.69) is 22.5 Å². The summed E-state index contributed by atoms with van der Waals surface area (Å²) in [7, 11) is 0. The van der Waals surface area contributed by atoms with Crippen LogP contribution in [-0.4, -0.2) is 28.8 Å². The van der Waals surface area contributed by atoms with Crippen LogP contribution < -0.4 is 10.6 Å². The molecule has 1 saturated heterocycles. The average molecular weight is 355 g/mol. The Labute approximate surface area is 151 Å². The van der Waals surface area contributed by atoms with Gasteiger partial charge in [-0.2, -0.15) is 0 Å². The van der Waals surface area contributed by atoms with Gasteiger partial charge in [-0.3, -0.25) is 14.6 Å². The molecule has 2 aromatic rings. The molecular formula is C19H21N3O2S. The van der Waals surface area contributed by atoms with Gasteiger partial charge in [-0.15, -0.1) is 0 Å². The van der Waals surface area contributed by atoms with Crippen LogP contribution in [0.2, 0.25) is 0 Å². The molecule has 0 spiro atoms. The van der Waals surface area contributed by atoms with Crippen molar-refractivity contribution in [1.29, 1.82) is 0 Å². The number of unbranched alkanes of at least 4 members (excludes halogenated alkanes) is 1. The Morgan fingerprint density at radius 2 is 2.04 bits per heavy atom. The number of rotatable bonds is 6. The SMILES string of the molecule is CCCCN=C1NC(=O)C(CC(=O)Nc2ccc3ccccc3c2)S1. The molecular weight excluding hydrogens is 334 g/mol. The van der Waals surface area contributed by atoms with E-state index in [1.807, 2.05) is 42.5 Å². The maximum Gasteiger partial charge on any atom is 0.240 e. The smallest absolute Gasteiger partial charge is 0.240 e. The maximum absolute atomic E-state index is 12.3. The highest BCUT2D eigenvalue weighted by Gasteiger charge is 2.31. The zero-order valence-electron chi connectivity index (χ0n) is 14.1. The van der Waals surface area contributed by atoms with Crippen LogP contribution in [0.5, 0.6) is 0 Å². The fraction of sp³-hybridized carbons (Fsp3) is 0.316. The van der Waals surface area contributed by atoms with Crippen LogP contribution in [0.15, 0.2) is 47.5 Å². The minimum Gasteiger partial charge on any atom is -0.326 e. The number of benzene rings is 2. The minimum absolute atomic E-state index is 0.135. The number of thioether (sulfide) groups is 1. The summed E-state index contributed by atoms with van der Waals surface area (Å²) in [5.74, 6) is -0.313. The molecule has 1 aliphatic rings. The molecule has 0 aromatic heterocycles. The van der Waals surface area contributed by atoms with Gasteiger partial charge in [-0.25, -0.2) is 0 Å². The van der Waals surface area contributed by atoms with Crippen molar-refractivity contribution in [3.05, 3.63) is 42.5 Å². The highest BCUT2D eigenvalue weighted by atomic mass is 32.2. The van der Waals surface area contributed by atoms with E-state index < -0.39 is 5.25 Å². The van der Waals surface area contributed by atoms with E-state index in [9.17, 15) is 9.59 Å². The number of amidine groups is 1. The summed E-state index contributed by atoms with van der Waals surface area (Å²) >= 11 is 1.34. The molecule has 3 rings (SSSR count). The van der Waals surface area contributed by atoms with Crippen LogP contribution in [0.3, 0.4) is 0 Å². The number of amides is 2. The van der Waals surface area contributed by atoms with Crippen molar-refractivity contribution in [2.45, 2.75) is 31.4 Å². The average Bonchev–Trinajstić information content (AvgIpc) is 2.94. The molecule has 1 unspecified atom stereocenters. The van der Waals surface area contributed by atoms with Crippen LogP contribution >= 0.6 is 11.8 Å². The third kappa shape index (κ3) is 4.60. The maximum atomic E-state index is 12.3. The van der Waals surface area contributed by atoms with Crippen LogP contribution in [0.4, 0.5) is 5.69 Å². The summed E-state index contributed by atoms with van der Waals surface area (Å²) < 4.78 is 0. The van der Waals surface area contributed by atoms with Crippen LogP contribution in [0.1, 0.15) is 26.2 Å². The minimum atomic E-state index is -0.416. The van der Waals surface area contributed by atoms with Crippen molar-refractivity contribution in [2.24, 2.45) is 4.99 Å². The lowest BCUT2D eigenvalue weighted by Gasteiger charge is -2.08. The van der Waals surface area contributed by atoms with Crippen LogP contribution in [-0.2, 0) is 9.59 Å². The van der Waals surface area contributed by atoms with Crippen molar-refractivity contribution in [3.8, 4) is 0 Å². The summed E-state index contributed by atoms with van der Waals surface area (Å²) in [5, 5.41) is 8.03. The molecule has 2 N–H and O–H groups in total. The molecule has 1 heterocycles. The molecule has 2 amide bonds. The molecule has 0 radical (unpaired) electrons. The highest BCUT2D eigenvalue weighted by Crippen LogP contribution is 2.24. The predicted octanol–water partition coefficient (Wildman–Crippen LogP) is 3.56. The second-order valence-corrected chi connectivity index (χ2v) is 7.14. The summed E-state index contributed by atoms with van der Waals surface area (Å²) in [4.78, 5) is 28.6. The van der Waals surface area contributed by atoms with E-state index in [1.165, 1.54) is 11.8 Å². The van der Waals surface area contributed by atoms with Gasteiger partial charge in [0.2, 0.25) is 11.8 Å². The predicted molar refractivity (Wildman–Crippen MR) is 104 cm³/mol. The number of anilines is 1. The number of aliphatic imine (C=N–C) groups is 1. The van der Waals surface area contributed by atoms with Crippen molar-refractivity contribution in [2.75, 3.05) is 11.9 Å². The number of hydrogen-bond donors (Lipinski definition) is 2. The summed E-state index contributed by atoms with van der Waals surface area (Å²) in [5.41, 5.74) is 0.740. The quantitative estimate of drug-likeness (QED) is 0.779. The third-order valence-corrected chi connectivity index (χ3v) is 5.07. The van der Waals surface area contributed by atoms with Crippen molar-refractivity contribution in [1.82, 2.24) is 5.32 Å². The normalized spacial score (nSPS) is 18.5. The van der Waals surface area contributed by atoms with Gasteiger partial charge in [0.05, 0.1) is 0 Å². The zero-order chi connectivity index (χ0) is 17.6. The Hall–Kier alpha value is -2.34. The number of carbonyl (C=O) groups is 2. The first kappa shape index (κ1) is 17.5. The van der Waals surface area contributed by atoms with Crippen LogP contribution in [0.25, 0.3) is 10.8 Å². The second kappa shape index (κ2) is 8.16. The van der Waals surface area contributed by atoms with Gasteiger partial charge < -0.3 is 10.6 Å². The van der Waals surface area contributed by atoms with Gasteiger partial charge in [-0.05, 0) is 29.3 Å². The summed E-state index contributed by atoms with van der Waals surface area (Å²) in [6.45, 7) is 2.80. The van der Waals surface area contributed by atoms with Gasteiger partial charge in [0.1, 0.15) is 5.25 Å². The zero-order valence-corrected chi connectivity index (χ0v) is 14.9. The van der Waals surface area contributed by atoms with E-state index in [0.29, 0.717) is 11.7 Å². The molecule has 1 aliphatic heterocycles. The molecule has 130 valence electrons. The molecule has 0 saturated carbocycles. The number of nitrogens with one attached hydrogen (secondary N) is 2. The van der Waals surface area contributed by atoms with Crippen molar-refractivity contribution >= 4 is 45.2 Å². The first-order valence-electron chi connectivity index (χ1n) is 8.46. The topological polar surface area (TPSA) is 70.6 Å². The van der Waals surface area contributed by atoms with E-state index in [1.54, 1.807) is 0 Å². The number of fused-ring (bicyclic) bond motifs is 1. The largest absolute Gasteiger partial charge is 0.326 e. The number of nitrogens with zero attached hydrogens (tertiary/aromatic N) is 1. The van der Waals surface area contributed by atoms with Gasteiger partial charge in [0, 0.05) is 18.7 Å². The van der Waals surface area contributed by atoms with Gasteiger partial charge in [-0.1, -0.05) is 55.4 Å². The lowest BCUT2D eigenvalue weighted by Crippen LogP contribution is -2.28. The highest BCUT2D eigenvalue weighted by molar-refractivity contribution is 8.15.